The number of piperidine rings is 1. The fourth-order valence-corrected chi connectivity index (χ4v) is 7.00. The Morgan fingerprint density at radius 1 is 1.06 bits per heavy atom. The number of thioether (sulfide) groups is 1. The van der Waals surface area contributed by atoms with Gasteiger partial charge < -0.3 is 4.90 Å². The van der Waals surface area contributed by atoms with Crippen molar-refractivity contribution in [3.8, 4) is 0 Å². The SMILES string of the molecule is Cn1c(SCC(=O)N2CCc3cc(S(=O)(=O)N4CCCCC4)ccc32)nc2ccccc2c1=O. The zero-order chi connectivity index (χ0) is 23.9. The fourth-order valence-electron chi connectivity index (χ4n) is 4.58. The molecule has 34 heavy (non-hydrogen) atoms. The molecule has 2 aliphatic rings. The summed E-state index contributed by atoms with van der Waals surface area (Å²) in [6, 6.07) is 12.2. The van der Waals surface area contributed by atoms with Crippen molar-refractivity contribution in [2.24, 2.45) is 7.05 Å². The van der Waals surface area contributed by atoms with E-state index in [0.29, 0.717) is 47.0 Å². The van der Waals surface area contributed by atoms with Crippen LogP contribution in [0, 0.1) is 0 Å². The monoisotopic (exact) mass is 498 g/mol. The molecule has 0 saturated carbocycles. The summed E-state index contributed by atoms with van der Waals surface area (Å²) in [5, 5.41) is 1.03. The van der Waals surface area contributed by atoms with Crippen LogP contribution < -0.4 is 10.5 Å². The Morgan fingerprint density at radius 3 is 2.62 bits per heavy atom. The first-order chi connectivity index (χ1) is 16.4. The van der Waals surface area contributed by atoms with Gasteiger partial charge >= 0.3 is 0 Å². The lowest BCUT2D eigenvalue weighted by Gasteiger charge is -2.26. The van der Waals surface area contributed by atoms with Gasteiger partial charge in [0.05, 0.1) is 21.6 Å². The number of nitrogens with zero attached hydrogens (tertiary/aromatic N) is 4. The van der Waals surface area contributed by atoms with Gasteiger partial charge in [-0.3, -0.25) is 14.2 Å². The van der Waals surface area contributed by atoms with Crippen molar-refractivity contribution in [3.05, 3.63) is 58.4 Å². The molecular weight excluding hydrogens is 472 g/mol. The lowest BCUT2D eigenvalue weighted by molar-refractivity contribution is -0.116. The summed E-state index contributed by atoms with van der Waals surface area (Å²) in [7, 11) is -1.85. The Balaban J connectivity index is 1.32. The van der Waals surface area contributed by atoms with Crippen molar-refractivity contribution in [1.82, 2.24) is 13.9 Å². The lowest BCUT2D eigenvalue weighted by atomic mass is 10.2. The first kappa shape index (κ1) is 23.1. The van der Waals surface area contributed by atoms with Crippen molar-refractivity contribution in [3.63, 3.8) is 0 Å². The quantitative estimate of drug-likeness (QED) is 0.397. The van der Waals surface area contributed by atoms with Crippen molar-refractivity contribution in [1.29, 1.82) is 0 Å². The number of hydrogen-bond acceptors (Lipinski definition) is 6. The Morgan fingerprint density at radius 2 is 1.82 bits per heavy atom. The molecule has 1 amide bonds. The minimum absolute atomic E-state index is 0.0993. The molecule has 3 aromatic rings. The summed E-state index contributed by atoms with van der Waals surface area (Å²) in [6.45, 7) is 1.63. The van der Waals surface area contributed by atoms with Crippen LogP contribution in [-0.4, -0.2) is 53.6 Å². The van der Waals surface area contributed by atoms with Gasteiger partial charge in [-0.15, -0.1) is 0 Å². The molecule has 8 nitrogen and oxygen atoms in total. The first-order valence-corrected chi connectivity index (χ1v) is 13.8. The molecule has 1 saturated heterocycles. The average Bonchev–Trinajstić information content (AvgIpc) is 3.29. The van der Waals surface area contributed by atoms with Gasteiger partial charge in [0.2, 0.25) is 15.9 Å². The third-order valence-electron chi connectivity index (χ3n) is 6.47. The molecule has 2 aliphatic heterocycles. The summed E-state index contributed by atoms with van der Waals surface area (Å²) in [5.74, 6) is 0.0316. The second-order valence-electron chi connectivity index (χ2n) is 8.62. The van der Waals surface area contributed by atoms with E-state index < -0.39 is 10.0 Å². The number of carbonyl (C=O) groups is 1. The number of anilines is 1. The zero-order valence-corrected chi connectivity index (χ0v) is 20.6. The van der Waals surface area contributed by atoms with Gasteiger partial charge in [0.25, 0.3) is 5.56 Å². The number of aromatic nitrogens is 2. The molecule has 0 spiro atoms. The molecule has 0 atom stereocenters. The smallest absolute Gasteiger partial charge is 0.261 e. The Bertz CT molecular complexity index is 1430. The molecule has 0 N–H and O–H groups in total. The number of carbonyl (C=O) groups excluding carboxylic acids is 1. The molecule has 0 radical (unpaired) electrons. The van der Waals surface area contributed by atoms with E-state index in [0.717, 1.165) is 30.5 Å². The number of hydrogen-bond donors (Lipinski definition) is 0. The third-order valence-corrected chi connectivity index (χ3v) is 9.38. The predicted molar refractivity (Wildman–Crippen MR) is 133 cm³/mol. The van der Waals surface area contributed by atoms with E-state index >= 15 is 0 Å². The fraction of sp³-hybridized carbons (Fsp3) is 0.375. The number of benzene rings is 2. The van der Waals surface area contributed by atoms with E-state index in [1.807, 2.05) is 6.07 Å². The average molecular weight is 499 g/mol. The highest BCUT2D eigenvalue weighted by Gasteiger charge is 2.30. The number of para-hydroxylation sites is 1. The highest BCUT2D eigenvalue weighted by molar-refractivity contribution is 7.99. The molecule has 0 unspecified atom stereocenters. The van der Waals surface area contributed by atoms with Crippen molar-refractivity contribution in [2.45, 2.75) is 35.7 Å². The van der Waals surface area contributed by atoms with Gasteiger partial charge in [-0.25, -0.2) is 13.4 Å². The number of fused-ring (bicyclic) bond motifs is 2. The molecule has 5 rings (SSSR count). The van der Waals surface area contributed by atoms with E-state index in [-0.39, 0.29) is 17.2 Å². The van der Waals surface area contributed by atoms with Crippen LogP contribution in [0.5, 0.6) is 0 Å². The molecule has 10 heteroatoms. The Hall–Kier alpha value is -2.69. The normalized spacial score (nSPS) is 16.7. The summed E-state index contributed by atoms with van der Waals surface area (Å²) in [4.78, 5) is 32.2. The molecule has 3 heterocycles. The number of amides is 1. The van der Waals surface area contributed by atoms with E-state index in [9.17, 15) is 18.0 Å². The van der Waals surface area contributed by atoms with Crippen LogP contribution in [0.3, 0.4) is 0 Å². The van der Waals surface area contributed by atoms with Crippen LogP contribution >= 0.6 is 11.8 Å². The van der Waals surface area contributed by atoms with Crippen LogP contribution in [0.2, 0.25) is 0 Å². The summed E-state index contributed by atoms with van der Waals surface area (Å²) >= 11 is 1.23. The molecule has 0 aliphatic carbocycles. The van der Waals surface area contributed by atoms with Gasteiger partial charge in [-0.05, 0) is 55.2 Å². The molecule has 178 valence electrons. The summed E-state index contributed by atoms with van der Waals surface area (Å²) in [6.07, 6.45) is 3.46. The summed E-state index contributed by atoms with van der Waals surface area (Å²) in [5.41, 5.74) is 2.08. The first-order valence-electron chi connectivity index (χ1n) is 11.4. The predicted octanol–water partition coefficient (Wildman–Crippen LogP) is 2.79. The second kappa shape index (κ2) is 9.16. The van der Waals surface area contributed by atoms with Gasteiger partial charge in [0.15, 0.2) is 5.16 Å². The maximum absolute atomic E-state index is 13.0. The van der Waals surface area contributed by atoms with Crippen LogP contribution in [0.1, 0.15) is 24.8 Å². The van der Waals surface area contributed by atoms with Crippen LogP contribution in [0.25, 0.3) is 10.9 Å². The standard InChI is InChI=1S/C24H26N4O4S2/c1-26-23(30)19-7-3-4-8-20(19)25-24(26)33-16-22(29)28-14-11-17-15-18(9-10-21(17)28)34(31,32)27-12-5-2-6-13-27/h3-4,7-10,15H,2,5-6,11-14,16H2,1H3. The Kier molecular flexibility index (Phi) is 6.22. The van der Waals surface area contributed by atoms with Crippen LogP contribution in [-0.2, 0) is 28.3 Å². The highest BCUT2D eigenvalue weighted by Crippen LogP contribution is 2.32. The summed E-state index contributed by atoms with van der Waals surface area (Å²) < 4.78 is 29.1. The maximum atomic E-state index is 13.0. The molecule has 0 bridgehead atoms. The van der Waals surface area contributed by atoms with E-state index in [1.54, 1.807) is 52.7 Å². The van der Waals surface area contributed by atoms with E-state index in [4.69, 9.17) is 0 Å². The molecule has 1 aromatic heterocycles. The van der Waals surface area contributed by atoms with Gasteiger partial charge in [-0.2, -0.15) is 4.31 Å². The van der Waals surface area contributed by atoms with Gasteiger partial charge in [0.1, 0.15) is 0 Å². The topological polar surface area (TPSA) is 92.6 Å². The molecular formula is C24H26N4O4S2. The number of rotatable bonds is 5. The minimum atomic E-state index is -3.51. The Labute approximate surface area is 202 Å². The second-order valence-corrected chi connectivity index (χ2v) is 11.5. The maximum Gasteiger partial charge on any atom is 0.261 e. The molecule has 1 fully saturated rings. The van der Waals surface area contributed by atoms with Crippen LogP contribution in [0.15, 0.2) is 57.3 Å². The van der Waals surface area contributed by atoms with E-state index in [2.05, 4.69) is 4.98 Å². The largest absolute Gasteiger partial charge is 0.311 e. The van der Waals surface area contributed by atoms with Gasteiger partial charge in [0, 0.05) is 32.4 Å². The third kappa shape index (κ3) is 4.14. The minimum Gasteiger partial charge on any atom is -0.311 e. The lowest BCUT2D eigenvalue weighted by Crippen LogP contribution is -2.35. The van der Waals surface area contributed by atoms with Crippen LogP contribution in [0.4, 0.5) is 5.69 Å². The van der Waals surface area contributed by atoms with E-state index in [1.165, 1.54) is 16.3 Å². The number of sulfonamides is 1. The van der Waals surface area contributed by atoms with Crippen molar-refractivity contribution < 1.29 is 13.2 Å². The highest BCUT2D eigenvalue weighted by atomic mass is 32.2. The molecule has 2 aromatic carbocycles. The zero-order valence-electron chi connectivity index (χ0n) is 18.9. The van der Waals surface area contributed by atoms with Crippen molar-refractivity contribution in [2.75, 3.05) is 30.3 Å². The van der Waals surface area contributed by atoms with Crippen molar-refractivity contribution >= 4 is 44.3 Å². The van der Waals surface area contributed by atoms with Gasteiger partial charge in [-0.1, -0.05) is 30.3 Å².